The van der Waals surface area contributed by atoms with Crippen LogP contribution in [0.25, 0.3) is 0 Å². The van der Waals surface area contributed by atoms with Gasteiger partial charge in [0.15, 0.2) is 0 Å². The summed E-state index contributed by atoms with van der Waals surface area (Å²) in [6, 6.07) is 0. The zero-order valence-corrected chi connectivity index (χ0v) is 11.4. The van der Waals surface area contributed by atoms with Gasteiger partial charge in [-0.25, -0.2) is 4.79 Å². The van der Waals surface area contributed by atoms with Crippen molar-refractivity contribution in [2.75, 3.05) is 7.11 Å². The van der Waals surface area contributed by atoms with E-state index in [-0.39, 0.29) is 17.9 Å². The smallest absolute Gasteiger partial charge is 0.329 e. The minimum absolute atomic E-state index is 0.241. The van der Waals surface area contributed by atoms with E-state index in [1.165, 1.54) is 0 Å². The highest BCUT2D eigenvalue weighted by Crippen LogP contribution is 2.38. The number of carboxylic acids is 1. The predicted molar refractivity (Wildman–Crippen MR) is 67.3 cm³/mol. The van der Waals surface area contributed by atoms with Crippen LogP contribution in [0, 0.1) is 0 Å². The summed E-state index contributed by atoms with van der Waals surface area (Å²) < 4.78 is 5.37. The largest absolute Gasteiger partial charge is 0.480 e. The zero-order valence-electron chi connectivity index (χ0n) is 11.4. The van der Waals surface area contributed by atoms with E-state index in [0.717, 1.165) is 19.3 Å². The monoisotopic (exact) mass is 257 g/mol. The molecule has 2 N–H and O–H groups in total. The first-order chi connectivity index (χ1) is 8.37. The lowest BCUT2D eigenvalue weighted by atomic mass is 9.77. The SMILES string of the molecule is CCCC(C)(NC(=O)CC1(OC)CCC1)C(=O)O. The molecule has 104 valence electrons. The summed E-state index contributed by atoms with van der Waals surface area (Å²) in [7, 11) is 1.61. The molecule has 5 nitrogen and oxygen atoms in total. The van der Waals surface area contributed by atoms with E-state index in [1.807, 2.05) is 6.92 Å². The van der Waals surface area contributed by atoms with Crippen LogP contribution in [0.2, 0.25) is 0 Å². The minimum Gasteiger partial charge on any atom is -0.480 e. The standard InChI is InChI=1S/C13H23NO4/c1-4-6-12(2,11(16)17)14-10(15)9-13(18-3)7-5-8-13/h4-9H2,1-3H3,(H,14,15)(H,16,17). The molecular formula is C13H23NO4. The molecule has 0 saturated heterocycles. The Balaban J connectivity index is 2.59. The van der Waals surface area contributed by atoms with Crippen molar-refractivity contribution in [2.45, 2.75) is 63.5 Å². The van der Waals surface area contributed by atoms with Gasteiger partial charge in [-0.15, -0.1) is 0 Å². The maximum absolute atomic E-state index is 12.0. The van der Waals surface area contributed by atoms with Crippen LogP contribution in [-0.2, 0) is 14.3 Å². The highest BCUT2D eigenvalue weighted by atomic mass is 16.5. The van der Waals surface area contributed by atoms with E-state index in [0.29, 0.717) is 12.8 Å². The third-order valence-electron chi connectivity index (χ3n) is 3.82. The maximum Gasteiger partial charge on any atom is 0.329 e. The fraction of sp³-hybridized carbons (Fsp3) is 0.846. The molecule has 0 aromatic carbocycles. The van der Waals surface area contributed by atoms with Crippen LogP contribution >= 0.6 is 0 Å². The van der Waals surface area contributed by atoms with E-state index >= 15 is 0 Å². The molecular weight excluding hydrogens is 234 g/mol. The molecule has 0 aromatic heterocycles. The Morgan fingerprint density at radius 3 is 2.39 bits per heavy atom. The number of methoxy groups -OCH3 is 1. The van der Waals surface area contributed by atoms with Crippen molar-refractivity contribution in [1.82, 2.24) is 5.32 Å². The number of carbonyl (C=O) groups is 2. The molecule has 0 aliphatic heterocycles. The Hall–Kier alpha value is -1.10. The summed E-state index contributed by atoms with van der Waals surface area (Å²) in [4.78, 5) is 23.2. The van der Waals surface area contributed by atoms with Crippen LogP contribution in [0.5, 0.6) is 0 Å². The van der Waals surface area contributed by atoms with Gasteiger partial charge >= 0.3 is 5.97 Å². The van der Waals surface area contributed by atoms with Crippen molar-refractivity contribution >= 4 is 11.9 Å². The number of rotatable bonds is 7. The zero-order chi connectivity index (χ0) is 13.8. The average molecular weight is 257 g/mol. The van der Waals surface area contributed by atoms with Crippen LogP contribution in [0.3, 0.4) is 0 Å². The molecule has 1 aliphatic carbocycles. The molecule has 18 heavy (non-hydrogen) atoms. The number of ether oxygens (including phenoxy) is 1. The fourth-order valence-corrected chi connectivity index (χ4v) is 2.39. The highest BCUT2D eigenvalue weighted by molar-refractivity contribution is 5.87. The Kier molecular flexibility index (Phi) is 4.73. The molecule has 0 radical (unpaired) electrons. The number of carbonyl (C=O) groups excluding carboxylic acids is 1. The Morgan fingerprint density at radius 2 is 2.06 bits per heavy atom. The van der Waals surface area contributed by atoms with E-state index in [9.17, 15) is 14.7 Å². The van der Waals surface area contributed by atoms with Crippen molar-refractivity contribution in [2.24, 2.45) is 0 Å². The number of amides is 1. The highest BCUT2D eigenvalue weighted by Gasteiger charge is 2.41. The van der Waals surface area contributed by atoms with Gasteiger partial charge in [-0.1, -0.05) is 13.3 Å². The first kappa shape index (κ1) is 15.0. The van der Waals surface area contributed by atoms with E-state index < -0.39 is 11.5 Å². The van der Waals surface area contributed by atoms with Crippen LogP contribution in [0.15, 0.2) is 0 Å². The number of aliphatic carboxylic acids is 1. The lowest BCUT2D eigenvalue weighted by Crippen LogP contribution is -2.54. The van der Waals surface area contributed by atoms with Crippen LogP contribution in [-0.4, -0.2) is 35.2 Å². The second-order valence-corrected chi connectivity index (χ2v) is 5.35. The maximum atomic E-state index is 12.0. The Labute approximate surface area is 108 Å². The van der Waals surface area contributed by atoms with Crippen LogP contribution in [0.4, 0.5) is 0 Å². The lowest BCUT2D eigenvalue weighted by molar-refractivity contribution is -0.149. The number of hydrogen-bond donors (Lipinski definition) is 2. The molecule has 5 heteroatoms. The summed E-state index contributed by atoms with van der Waals surface area (Å²) in [6.07, 6.45) is 4.18. The second kappa shape index (κ2) is 5.69. The summed E-state index contributed by atoms with van der Waals surface area (Å²) in [5, 5.41) is 11.8. The van der Waals surface area contributed by atoms with Gasteiger partial charge in [-0.3, -0.25) is 4.79 Å². The molecule has 0 heterocycles. The Morgan fingerprint density at radius 1 is 1.44 bits per heavy atom. The molecule has 0 bridgehead atoms. The van der Waals surface area contributed by atoms with Gasteiger partial charge in [0.2, 0.25) is 5.91 Å². The fourth-order valence-electron chi connectivity index (χ4n) is 2.39. The summed E-state index contributed by atoms with van der Waals surface area (Å²) in [5.41, 5.74) is -1.54. The molecule has 0 aromatic rings. The number of hydrogen-bond acceptors (Lipinski definition) is 3. The van der Waals surface area contributed by atoms with Crippen molar-refractivity contribution in [1.29, 1.82) is 0 Å². The summed E-state index contributed by atoms with van der Waals surface area (Å²) in [5.74, 6) is -1.23. The predicted octanol–water partition coefficient (Wildman–Crippen LogP) is 1.71. The molecule has 1 atom stereocenters. The number of nitrogens with one attached hydrogen (secondary N) is 1. The number of carboxylic acid groups (broad SMARTS) is 1. The average Bonchev–Trinajstić information content (AvgIpc) is 2.23. The van der Waals surface area contributed by atoms with Gasteiger partial charge in [0, 0.05) is 7.11 Å². The normalized spacial score (nSPS) is 20.6. The second-order valence-electron chi connectivity index (χ2n) is 5.35. The van der Waals surface area contributed by atoms with Gasteiger partial charge in [0.1, 0.15) is 5.54 Å². The van der Waals surface area contributed by atoms with Crippen molar-refractivity contribution < 1.29 is 19.4 Å². The van der Waals surface area contributed by atoms with Gasteiger partial charge in [0.25, 0.3) is 0 Å². The van der Waals surface area contributed by atoms with E-state index in [1.54, 1.807) is 14.0 Å². The van der Waals surface area contributed by atoms with Gasteiger partial charge in [-0.2, -0.15) is 0 Å². The van der Waals surface area contributed by atoms with Gasteiger partial charge in [-0.05, 0) is 32.6 Å². The molecule has 1 fully saturated rings. The molecule has 1 unspecified atom stereocenters. The van der Waals surface area contributed by atoms with E-state index in [2.05, 4.69) is 5.32 Å². The van der Waals surface area contributed by atoms with Crippen LogP contribution in [0.1, 0.15) is 52.4 Å². The molecule has 1 aliphatic rings. The van der Waals surface area contributed by atoms with Gasteiger partial charge in [0.05, 0.1) is 12.0 Å². The topological polar surface area (TPSA) is 75.6 Å². The molecule has 0 spiro atoms. The van der Waals surface area contributed by atoms with Crippen molar-refractivity contribution in [3.63, 3.8) is 0 Å². The lowest BCUT2D eigenvalue weighted by Gasteiger charge is -2.40. The molecule has 1 rings (SSSR count). The van der Waals surface area contributed by atoms with Crippen LogP contribution < -0.4 is 5.32 Å². The summed E-state index contributed by atoms with van der Waals surface area (Å²) >= 11 is 0. The minimum atomic E-state index is -1.18. The quantitative estimate of drug-likeness (QED) is 0.728. The van der Waals surface area contributed by atoms with Crippen molar-refractivity contribution in [3.05, 3.63) is 0 Å². The third-order valence-corrected chi connectivity index (χ3v) is 3.82. The van der Waals surface area contributed by atoms with E-state index in [4.69, 9.17) is 4.74 Å². The Bertz CT molecular complexity index is 319. The molecule has 1 saturated carbocycles. The first-order valence-electron chi connectivity index (χ1n) is 6.47. The first-order valence-corrected chi connectivity index (χ1v) is 6.47. The summed E-state index contributed by atoms with van der Waals surface area (Å²) in [6.45, 7) is 3.45. The van der Waals surface area contributed by atoms with Crippen molar-refractivity contribution in [3.8, 4) is 0 Å². The van der Waals surface area contributed by atoms with Gasteiger partial charge < -0.3 is 15.2 Å². The molecule has 1 amide bonds. The third kappa shape index (κ3) is 3.22.